The highest BCUT2D eigenvalue weighted by atomic mass is 16.3. The Hall–Kier alpha value is -2.88. The third kappa shape index (κ3) is 2.45. The van der Waals surface area contributed by atoms with Gasteiger partial charge in [0.2, 0.25) is 0 Å². The van der Waals surface area contributed by atoms with Gasteiger partial charge in [-0.15, -0.1) is 0 Å². The summed E-state index contributed by atoms with van der Waals surface area (Å²) in [4.78, 5) is 16.7. The van der Waals surface area contributed by atoms with E-state index in [1.54, 1.807) is 0 Å². The van der Waals surface area contributed by atoms with Crippen molar-refractivity contribution in [1.29, 1.82) is 0 Å². The van der Waals surface area contributed by atoms with Gasteiger partial charge in [0.15, 0.2) is 5.88 Å². The molecule has 1 aliphatic rings. The van der Waals surface area contributed by atoms with Crippen LogP contribution in [-0.4, -0.2) is 15.6 Å². The third-order valence-electron chi connectivity index (χ3n) is 4.73. The van der Waals surface area contributed by atoms with Crippen LogP contribution in [0.4, 0.5) is 0 Å². The first kappa shape index (κ1) is 15.6. The smallest absolute Gasteiger partial charge is 0.279 e. The maximum Gasteiger partial charge on any atom is 0.279 e. The zero-order valence-corrected chi connectivity index (χ0v) is 14.4. The molecule has 0 unspecified atom stereocenters. The number of benzene rings is 2. The molecule has 0 saturated carbocycles. The predicted molar refractivity (Wildman–Crippen MR) is 97.8 cm³/mol. The molecule has 4 heteroatoms. The van der Waals surface area contributed by atoms with Crippen LogP contribution < -0.4 is 10.6 Å². The maximum absolute atomic E-state index is 12.6. The van der Waals surface area contributed by atoms with Gasteiger partial charge < -0.3 is 9.67 Å². The Morgan fingerprint density at radius 3 is 2.60 bits per heavy atom. The maximum atomic E-state index is 12.6. The lowest BCUT2D eigenvalue weighted by Crippen LogP contribution is -2.22. The predicted octanol–water partition coefficient (Wildman–Crippen LogP) is 2.75. The van der Waals surface area contributed by atoms with Crippen molar-refractivity contribution in [2.45, 2.75) is 26.8 Å². The molecule has 2 aromatic carbocycles. The summed E-state index contributed by atoms with van der Waals surface area (Å²) < 4.78 is 1.91. The summed E-state index contributed by atoms with van der Waals surface area (Å²) in [6, 6.07) is 15.3. The van der Waals surface area contributed by atoms with Crippen LogP contribution in [0.15, 0.2) is 53.5 Å². The molecule has 1 aromatic heterocycles. The largest absolute Gasteiger partial charge is 0.494 e. The number of nitrogens with zero attached hydrogens (tertiary/aromatic N) is 2. The van der Waals surface area contributed by atoms with Crippen molar-refractivity contribution < 1.29 is 9.90 Å². The van der Waals surface area contributed by atoms with E-state index < -0.39 is 0 Å². The number of carbonyl (C=O) groups is 1. The zero-order valence-electron chi connectivity index (χ0n) is 14.4. The van der Waals surface area contributed by atoms with E-state index in [0.29, 0.717) is 29.0 Å². The van der Waals surface area contributed by atoms with E-state index in [4.69, 9.17) is 0 Å². The first-order valence-electron chi connectivity index (χ1n) is 8.61. The average Bonchev–Trinajstić information content (AvgIpc) is 3.06. The van der Waals surface area contributed by atoms with E-state index in [1.807, 2.05) is 53.1 Å². The van der Waals surface area contributed by atoms with Crippen molar-refractivity contribution >= 4 is 22.4 Å². The monoisotopic (exact) mass is 332 g/mol. The van der Waals surface area contributed by atoms with Crippen LogP contribution in [0.2, 0.25) is 0 Å². The second-order valence-corrected chi connectivity index (χ2v) is 6.86. The molecule has 2 heterocycles. The number of aromatic nitrogens is 1. The third-order valence-corrected chi connectivity index (χ3v) is 4.73. The average molecular weight is 332 g/mol. The molecule has 4 rings (SSSR count). The number of aromatic hydroxyl groups is 1. The highest BCUT2D eigenvalue weighted by molar-refractivity contribution is 6.24. The molecule has 1 amide bonds. The topological polar surface area (TPSA) is 54.6 Å². The van der Waals surface area contributed by atoms with Crippen LogP contribution in [-0.2, 0) is 11.3 Å². The minimum Gasteiger partial charge on any atom is -0.494 e. The zero-order chi connectivity index (χ0) is 17.6. The van der Waals surface area contributed by atoms with Crippen molar-refractivity contribution in [1.82, 2.24) is 4.57 Å². The van der Waals surface area contributed by atoms with Crippen LogP contribution in [0.25, 0.3) is 16.5 Å². The summed E-state index contributed by atoms with van der Waals surface area (Å²) in [5.41, 5.74) is 2.03. The Kier molecular flexibility index (Phi) is 3.68. The molecular weight excluding hydrogens is 312 g/mol. The van der Waals surface area contributed by atoms with E-state index in [1.165, 1.54) is 0 Å². The highest BCUT2D eigenvalue weighted by Crippen LogP contribution is 2.36. The number of hydrogen-bond donors (Lipinski definition) is 1. The van der Waals surface area contributed by atoms with Crippen LogP contribution in [0.3, 0.4) is 0 Å². The molecule has 0 aliphatic carbocycles. The fraction of sp³-hybridized carbons (Fsp3) is 0.238. The molecule has 0 saturated heterocycles. The van der Waals surface area contributed by atoms with E-state index in [9.17, 15) is 9.90 Å². The highest BCUT2D eigenvalue weighted by Gasteiger charge is 2.26. The van der Waals surface area contributed by atoms with Gasteiger partial charge in [0.25, 0.3) is 5.91 Å². The number of para-hydroxylation sites is 2. The molecule has 3 aromatic rings. The fourth-order valence-corrected chi connectivity index (χ4v) is 3.45. The SMILES string of the molecule is CC(C)CCn1c(O)c(C2=c3ccccc3=NC2=O)c2ccccc21. The van der Waals surface area contributed by atoms with Crippen LogP contribution in [0, 0.1) is 5.92 Å². The lowest BCUT2D eigenvalue weighted by atomic mass is 10.0. The van der Waals surface area contributed by atoms with E-state index in [-0.39, 0.29) is 11.8 Å². The Bertz CT molecular complexity index is 1110. The number of fused-ring (bicyclic) bond motifs is 2. The molecule has 126 valence electrons. The summed E-state index contributed by atoms with van der Waals surface area (Å²) in [5.74, 6) is 0.390. The van der Waals surface area contributed by atoms with Crippen molar-refractivity contribution in [3.63, 3.8) is 0 Å². The van der Waals surface area contributed by atoms with Gasteiger partial charge in [-0.05, 0) is 24.5 Å². The van der Waals surface area contributed by atoms with Gasteiger partial charge in [-0.3, -0.25) is 4.79 Å². The minimum atomic E-state index is -0.289. The molecule has 0 radical (unpaired) electrons. The minimum absolute atomic E-state index is 0.150. The Labute approximate surface area is 145 Å². The van der Waals surface area contributed by atoms with Gasteiger partial charge in [-0.2, -0.15) is 0 Å². The normalized spacial score (nSPS) is 13.6. The van der Waals surface area contributed by atoms with Crippen molar-refractivity contribution in [2.24, 2.45) is 10.9 Å². The number of hydrogen-bond acceptors (Lipinski definition) is 2. The Morgan fingerprint density at radius 2 is 1.80 bits per heavy atom. The lowest BCUT2D eigenvalue weighted by molar-refractivity contribution is -0.112. The molecule has 0 spiro atoms. The van der Waals surface area contributed by atoms with Gasteiger partial charge >= 0.3 is 0 Å². The van der Waals surface area contributed by atoms with Crippen molar-refractivity contribution in [2.75, 3.05) is 0 Å². The Morgan fingerprint density at radius 1 is 1.08 bits per heavy atom. The summed E-state index contributed by atoms with van der Waals surface area (Å²) in [7, 11) is 0. The van der Waals surface area contributed by atoms with Crippen molar-refractivity contribution in [3.8, 4) is 5.88 Å². The quantitative estimate of drug-likeness (QED) is 0.799. The van der Waals surface area contributed by atoms with Gasteiger partial charge in [0.05, 0.1) is 22.0 Å². The van der Waals surface area contributed by atoms with Gasteiger partial charge in [-0.25, -0.2) is 4.99 Å². The first-order valence-corrected chi connectivity index (χ1v) is 8.61. The summed E-state index contributed by atoms with van der Waals surface area (Å²) in [6.07, 6.45) is 0.954. The number of aryl methyl sites for hydroxylation is 1. The van der Waals surface area contributed by atoms with Crippen LogP contribution in [0.5, 0.6) is 5.88 Å². The van der Waals surface area contributed by atoms with Gasteiger partial charge in [0.1, 0.15) is 0 Å². The van der Waals surface area contributed by atoms with Crippen LogP contribution >= 0.6 is 0 Å². The molecule has 1 N–H and O–H groups in total. The molecule has 0 fully saturated rings. The first-order chi connectivity index (χ1) is 12.1. The van der Waals surface area contributed by atoms with Crippen LogP contribution in [0.1, 0.15) is 25.8 Å². The van der Waals surface area contributed by atoms with E-state index >= 15 is 0 Å². The van der Waals surface area contributed by atoms with Crippen molar-refractivity contribution in [3.05, 3.63) is 64.7 Å². The molecule has 0 atom stereocenters. The number of rotatable bonds is 4. The molecule has 25 heavy (non-hydrogen) atoms. The number of carbonyl (C=O) groups excluding carboxylic acids is 1. The fourth-order valence-electron chi connectivity index (χ4n) is 3.45. The molecule has 0 bridgehead atoms. The van der Waals surface area contributed by atoms with Gasteiger partial charge in [-0.1, -0.05) is 50.2 Å². The summed E-state index contributed by atoms with van der Waals surface area (Å²) in [5, 5.41) is 13.3. The second-order valence-electron chi connectivity index (χ2n) is 6.86. The lowest BCUT2D eigenvalue weighted by Gasteiger charge is -2.09. The Balaban J connectivity index is 2.03. The standard InChI is InChI=1S/C21H20N2O2/c1-13(2)11-12-23-17-10-6-4-8-15(17)19(21(23)25)18-14-7-3-5-9-16(14)22-20(18)24/h3-10,13,25H,11-12H2,1-2H3. The summed E-state index contributed by atoms with van der Waals surface area (Å²) in [6.45, 7) is 5.03. The molecule has 1 aliphatic heterocycles. The second kappa shape index (κ2) is 5.88. The molecular formula is C21H20N2O2. The van der Waals surface area contributed by atoms with E-state index in [0.717, 1.165) is 22.5 Å². The number of amides is 1. The summed E-state index contributed by atoms with van der Waals surface area (Å²) >= 11 is 0. The molecule has 4 nitrogen and oxygen atoms in total. The van der Waals surface area contributed by atoms with E-state index in [2.05, 4.69) is 18.8 Å². The van der Waals surface area contributed by atoms with Gasteiger partial charge in [0, 0.05) is 17.1 Å².